The number of rotatable bonds is 13. The summed E-state index contributed by atoms with van der Waals surface area (Å²) in [5.74, 6) is -0.0383. The molecule has 1 aliphatic rings. The summed E-state index contributed by atoms with van der Waals surface area (Å²) in [6.45, 7) is 2.13. The van der Waals surface area contributed by atoms with E-state index in [1.54, 1.807) is 24.4 Å². The van der Waals surface area contributed by atoms with Crippen molar-refractivity contribution in [2.45, 2.75) is 44.6 Å². The number of carbonyl (C=O) groups excluding carboxylic acids is 2. The van der Waals surface area contributed by atoms with Crippen molar-refractivity contribution in [3.8, 4) is 17.0 Å². The first kappa shape index (κ1) is 31.9. The first-order chi connectivity index (χ1) is 21.7. The molecule has 45 heavy (non-hydrogen) atoms. The highest BCUT2D eigenvalue weighted by atomic mass is 16.5. The fourth-order valence-corrected chi connectivity index (χ4v) is 6.09. The molecule has 1 aliphatic carbocycles. The summed E-state index contributed by atoms with van der Waals surface area (Å²) in [6, 6.07) is 15.8. The number of amides is 2. The van der Waals surface area contributed by atoms with Gasteiger partial charge in [-0.1, -0.05) is 24.3 Å². The summed E-state index contributed by atoms with van der Waals surface area (Å²) in [6.07, 6.45) is 6.02. The molecule has 1 saturated carbocycles. The molecule has 0 bridgehead atoms. The number of aromatic nitrogens is 3. The van der Waals surface area contributed by atoms with Crippen molar-refractivity contribution in [2.75, 3.05) is 38.7 Å². The number of nitrogens with one attached hydrogen (secondary N) is 2. The van der Waals surface area contributed by atoms with Gasteiger partial charge in [0.1, 0.15) is 6.04 Å². The zero-order valence-corrected chi connectivity index (χ0v) is 26.0. The van der Waals surface area contributed by atoms with E-state index in [2.05, 4.69) is 20.1 Å². The minimum absolute atomic E-state index is 0.145. The highest BCUT2D eigenvalue weighted by Gasteiger charge is 2.36. The number of fused-ring (bicyclic) bond motifs is 1. The van der Waals surface area contributed by atoms with E-state index in [4.69, 9.17) is 16.2 Å². The number of nitrogens with two attached hydrogens (primary N) is 2. The van der Waals surface area contributed by atoms with E-state index in [1.165, 1.54) is 4.90 Å². The number of nitrogens with zero attached hydrogens (tertiary/aromatic N) is 3. The van der Waals surface area contributed by atoms with Crippen LogP contribution in [0.2, 0.25) is 0 Å². The maximum atomic E-state index is 14.2. The van der Waals surface area contributed by atoms with Crippen LogP contribution in [0.4, 0.5) is 5.69 Å². The van der Waals surface area contributed by atoms with Gasteiger partial charge in [-0.15, -0.1) is 0 Å². The molecule has 0 saturated heterocycles. The van der Waals surface area contributed by atoms with Crippen molar-refractivity contribution < 1.29 is 14.3 Å². The molecule has 2 amide bonds. The van der Waals surface area contributed by atoms with Crippen molar-refractivity contribution in [3.63, 3.8) is 0 Å². The molecule has 0 aliphatic heterocycles. The van der Waals surface area contributed by atoms with Gasteiger partial charge in [0, 0.05) is 42.4 Å². The quantitative estimate of drug-likeness (QED) is 0.168. The lowest BCUT2D eigenvalue weighted by molar-refractivity contribution is -0.127. The van der Waals surface area contributed by atoms with Gasteiger partial charge < -0.3 is 21.1 Å². The number of hydrogen-bond donors (Lipinski definition) is 4. The monoisotopic (exact) mass is 613 g/mol. The Bertz CT molecular complexity index is 1660. The van der Waals surface area contributed by atoms with Gasteiger partial charge in [-0.3, -0.25) is 29.5 Å². The van der Waals surface area contributed by atoms with Crippen LogP contribution < -0.4 is 26.7 Å². The Labute approximate surface area is 262 Å². The molecule has 11 nitrogen and oxygen atoms in total. The SMILES string of the molecule is CN(C)CCCOc1ccc(-c2cccc(C[C@@H](C(N)=O)N(C(=O)C3CCC(CN)CC3)c3ccc4c(=O)[nH][nH]c4c3)c2)cn1. The fraction of sp³-hybridized carbons (Fsp3) is 0.412. The molecule has 6 N–H and O–H groups in total. The van der Waals surface area contributed by atoms with Gasteiger partial charge in [0.25, 0.3) is 5.56 Å². The van der Waals surface area contributed by atoms with Crippen molar-refractivity contribution in [1.82, 2.24) is 20.1 Å². The standard InChI is InChI=1S/C34H43N7O4/c1-40(2)15-4-16-45-31-14-11-26(21-37-31)25-6-3-5-23(17-25)18-30(32(36)42)41(34(44)24-9-7-22(20-35)8-10-24)27-12-13-28-29(19-27)38-39-33(28)43/h3,5-6,11-14,17,19,21-22,24,30H,4,7-10,15-16,18,20,35H2,1-2H3,(H2,36,42)(H2,38,39,43)/t22?,24?,30-/m0/s1. The van der Waals surface area contributed by atoms with E-state index in [0.29, 0.717) is 54.4 Å². The van der Waals surface area contributed by atoms with Crippen LogP contribution in [0.15, 0.2) is 65.6 Å². The third kappa shape index (κ3) is 7.79. The normalized spacial score (nSPS) is 17.3. The zero-order valence-electron chi connectivity index (χ0n) is 26.0. The molecule has 0 spiro atoms. The molecule has 5 rings (SSSR count). The van der Waals surface area contributed by atoms with Gasteiger partial charge in [0.2, 0.25) is 17.7 Å². The van der Waals surface area contributed by atoms with Gasteiger partial charge in [0.05, 0.1) is 17.5 Å². The molecular weight excluding hydrogens is 570 g/mol. The summed E-state index contributed by atoms with van der Waals surface area (Å²) in [5.41, 5.74) is 15.4. The van der Waals surface area contributed by atoms with E-state index in [0.717, 1.165) is 42.5 Å². The van der Waals surface area contributed by atoms with E-state index in [-0.39, 0.29) is 23.8 Å². The number of carbonyl (C=O) groups is 2. The van der Waals surface area contributed by atoms with Crippen LogP contribution in [0.3, 0.4) is 0 Å². The number of anilines is 1. The molecular formula is C34H43N7O4. The number of benzene rings is 2. The lowest BCUT2D eigenvalue weighted by atomic mass is 9.81. The predicted octanol–water partition coefficient (Wildman–Crippen LogP) is 3.44. The van der Waals surface area contributed by atoms with Gasteiger partial charge in [-0.2, -0.15) is 0 Å². The van der Waals surface area contributed by atoms with Crippen LogP contribution in [0, 0.1) is 11.8 Å². The first-order valence-electron chi connectivity index (χ1n) is 15.6. The zero-order chi connectivity index (χ0) is 31.9. The number of primary amides is 1. The number of hydrogen-bond acceptors (Lipinski definition) is 7. The first-order valence-corrected chi connectivity index (χ1v) is 15.6. The summed E-state index contributed by atoms with van der Waals surface area (Å²) >= 11 is 0. The van der Waals surface area contributed by atoms with E-state index < -0.39 is 11.9 Å². The van der Waals surface area contributed by atoms with Crippen molar-refractivity contribution in [3.05, 3.63) is 76.7 Å². The van der Waals surface area contributed by atoms with Gasteiger partial charge in [0.15, 0.2) is 0 Å². The molecule has 11 heteroatoms. The fourth-order valence-electron chi connectivity index (χ4n) is 6.09. The number of aromatic amines is 2. The third-order valence-electron chi connectivity index (χ3n) is 8.67. The molecule has 2 aromatic heterocycles. The van der Waals surface area contributed by atoms with Gasteiger partial charge in [-0.25, -0.2) is 4.98 Å². The Morgan fingerprint density at radius 1 is 1.02 bits per heavy atom. The smallest absolute Gasteiger partial charge is 0.271 e. The summed E-state index contributed by atoms with van der Waals surface area (Å²) < 4.78 is 5.78. The largest absolute Gasteiger partial charge is 0.478 e. The highest BCUT2D eigenvalue weighted by Crippen LogP contribution is 2.33. The molecule has 1 atom stereocenters. The van der Waals surface area contributed by atoms with E-state index in [9.17, 15) is 14.4 Å². The number of ether oxygens (including phenoxy) is 1. The Kier molecular flexibility index (Phi) is 10.3. The Morgan fingerprint density at radius 2 is 1.82 bits per heavy atom. The van der Waals surface area contributed by atoms with Crippen molar-refractivity contribution in [2.24, 2.45) is 23.3 Å². The number of pyridine rings is 1. The Hall–Kier alpha value is -4.48. The minimum Gasteiger partial charge on any atom is -0.478 e. The summed E-state index contributed by atoms with van der Waals surface area (Å²) in [7, 11) is 4.06. The van der Waals surface area contributed by atoms with Crippen molar-refractivity contribution in [1.29, 1.82) is 0 Å². The van der Waals surface area contributed by atoms with E-state index in [1.807, 2.05) is 50.5 Å². The minimum atomic E-state index is -0.945. The van der Waals surface area contributed by atoms with Crippen LogP contribution in [0.25, 0.3) is 22.0 Å². The summed E-state index contributed by atoms with van der Waals surface area (Å²) in [4.78, 5) is 47.6. The second-order valence-corrected chi connectivity index (χ2v) is 12.2. The third-order valence-corrected chi connectivity index (χ3v) is 8.67. The average molecular weight is 614 g/mol. The second-order valence-electron chi connectivity index (χ2n) is 12.2. The molecule has 4 aromatic rings. The Morgan fingerprint density at radius 3 is 2.51 bits per heavy atom. The van der Waals surface area contributed by atoms with E-state index >= 15 is 0 Å². The molecule has 0 unspecified atom stereocenters. The molecule has 238 valence electrons. The summed E-state index contributed by atoms with van der Waals surface area (Å²) in [5, 5.41) is 5.91. The topological polar surface area (TPSA) is 163 Å². The van der Waals surface area contributed by atoms with Crippen molar-refractivity contribution >= 4 is 28.4 Å². The maximum absolute atomic E-state index is 14.2. The van der Waals surface area contributed by atoms with Gasteiger partial charge in [-0.05, 0) is 94.1 Å². The predicted molar refractivity (Wildman–Crippen MR) is 176 cm³/mol. The number of H-pyrrole nitrogens is 2. The average Bonchev–Trinajstić information content (AvgIpc) is 3.42. The Balaban J connectivity index is 1.40. The van der Waals surface area contributed by atoms with Crippen LogP contribution >= 0.6 is 0 Å². The highest BCUT2D eigenvalue weighted by molar-refractivity contribution is 6.03. The lowest BCUT2D eigenvalue weighted by Crippen LogP contribution is -2.52. The molecule has 2 aromatic carbocycles. The van der Waals surface area contributed by atoms with Crippen LogP contribution in [0.5, 0.6) is 5.88 Å². The molecule has 2 heterocycles. The second kappa shape index (κ2) is 14.5. The van der Waals surface area contributed by atoms with Crippen LogP contribution in [0.1, 0.15) is 37.7 Å². The van der Waals surface area contributed by atoms with Gasteiger partial charge >= 0.3 is 0 Å². The molecule has 1 fully saturated rings. The maximum Gasteiger partial charge on any atom is 0.271 e. The van der Waals surface area contributed by atoms with Crippen LogP contribution in [-0.4, -0.2) is 71.7 Å². The lowest BCUT2D eigenvalue weighted by Gasteiger charge is -2.35. The van der Waals surface area contributed by atoms with Crippen LogP contribution in [-0.2, 0) is 16.0 Å². The molecule has 0 radical (unpaired) electrons.